The number of hydrogen-bond donors (Lipinski definition) is 0. The summed E-state index contributed by atoms with van der Waals surface area (Å²) in [5, 5.41) is -0.0328. The number of benzene rings is 4. The lowest BCUT2D eigenvalue weighted by Crippen LogP contribution is -2.49. The Hall–Kier alpha value is -3.42. The first-order chi connectivity index (χ1) is 16.1. The molecule has 4 heteroatoms. The third-order valence-electron chi connectivity index (χ3n) is 6.09. The van der Waals surface area contributed by atoms with Crippen molar-refractivity contribution in [2.45, 2.75) is 18.0 Å². The minimum absolute atomic E-state index is 0.288. The van der Waals surface area contributed by atoms with Crippen molar-refractivity contribution >= 4 is 23.7 Å². The van der Waals surface area contributed by atoms with E-state index in [1.165, 1.54) is 7.11 Å². The van der Waals surface area contributed by atoms with Crippen molar-refractivity contribution in [3.63, 3.8) is 0 Å². The maximum absolute atomic E-state index is 15.5. The van der Waals surface area contributed by atoms with E-state index >= 15 is 4.57 Å². The summed E-state index contributed by atoms with van der Waals surface area (Å²) >= 11 is 0. The minimum atomic E-state index is -3.54. The van der Waals surface area contributed by atoms with Gasteiger partial charge in [-0.15, -0.1) is 0 Å². The van der Waals surface area contributed by atoms with Crippen LogP contribution in [0.2, 0.25) is 0 Å². The molecule has 33 heavy (non-hydrogen) atoms. The van der Waals surface area contributed by atoms with Crippen molar-refractivity contribution in [1.82, 2.24) is 0 Å². The predicted molar refractivity (Wildman–Crippen MR) is 135 cm³/mol. The molecule has 0 saturated carbocycles. The summed E-state index contributed by atoms with van der Waals surface area (Å²) in [6, 6.07) is 38.3. The van der Waals surface area contributed by atoms with Crippen LogP contribution in [0.1, 0.15) is 11.1 Å². The second kappa shape index (κ2) is 10.0. The van der Waals surface area contributed by atoms with E-state index in [0.29, 0.717) is 10.6 Å². The number of carbonyl (C=O) groups is 1. The summed E-state index contributed by atoms with van der Waals surface area (Å²) in [5.74, 6) is -0.466. The average Bonchev–Trinajstić information content (AvgIpc) is 2.89. The van der Waals surface area contributed by atoms with E-state index in [9.17, 15) is 4.79 Å². The van der Waals surface area contributed by atoms with E-state index in [-0.39, 0.29) is 12.8 Å². The highest BCUT2D eigenvalue weighted by Gasteiger charge is 2.56. The fraction of sp³-hybridized carbons (Fsp3) is 0.138. The van der Waals surface area contributed by atoms with Gasteiger partial charge in [0.1, 0.15) is 5.16 Å². The molecule has 0 aliphatic heterocycles. The number of ether oxygens (including phenoxy) is 1. The normalized spacial score (nSPS) is 11.7. The van der Waals surface area contributed by atoms with Crippen LogP contribution in [0.5, 0.6) is 0 Å². The van der Waals surface area contributed by atoms with Crippen LogP contribution in [-0.4, -0.2) is 18.2 Å². The first-order valence-corrected chi connectivity index (χ1v) is 12.7. The molecule has 0 amide bonds. The molecule has 0 heterocycles. The van der Waals surface area contributed by atoms with E-state index in [4.69, 9.17) is 4.74 Å². The average molecular weight is 455 g/mol. The largest absolute Gasteiger partial charge is 0.468 e. The van der Waals surface area contributed by atoms with Gasteiger partial charge >= 0.3 is 5.97 Å². The summed E-state index contributed by atoms with van der Waals surface area (Å²) in [5.41, 5.74) is 1.87. The van der Waals surface area contributed by atoms with Crippen molar-refractivity contribution in [3.8, 4) is 0 Å². The smallest absolute Gasteiger partial charge is 0.320 e. The van der Waals surface area contributed by atoms with Gasteiger partial charge in [-0.1, -0.05) is 121 Å². The Morgan fingerprint density at radius 2 is 0.970 bits per heavy atom. The van der Waals surface area contributed by atoms with Crippen molar-refractivity contribution in [1.29, 1.82) is 0 Å². The Balaban J connectivity index is 2.05. The van der Waals surface area contributed by atoms with E-state index in [0.717, 1.165) is 11.1 Å². The SMILES string of the molecule is COC(=O)C(Cc1ccccc1)(Cc1ccccc1)P(=O)(c1ccccc1)c1ccccc1. The standard InChI is InChI=1S/C29H27O3P/c1-32-28(30)29(22-24-14-6-2-7-15-24,23-25-16-8-3-9-17-25)33(31,26-18-10-4-11-19-26)27-20-12-5-13-21-27/h2-21H,22-23H2,1H3. The maximum atomic E-state index is 15.5. The number of carbonyl (C=O) groups excluding carboxylic acids is 1. The third-order valence-corrected chi connectivity index (χ3v) is 9.84. The molecule has 166 valence electrons. The molecular formula is C29H27O3P. The number of hydrogen-bond acceptors (Lipinski definition) is 3. The fourth-order valence-electron chi connectivity index (χ4n) is 4.53. The van der Waals surface area contributed by atoms with Crippen LogP contribution in [-0.2, 0) is 26.9 Å². The molecule has 4 aromatic rings. The van der Waals surface area contributed by atoms with Gasteiger partial charge in [-0.2, -0.15) is 0 Å². The molecule has 3 nitrogen and oxygen atoms in total. The lowest BCUT2D eigenvalue weighted by molar-refractivity contribution is -0.143. The van der Waals surface area contributed by atoms with Crippen LogP contribution < -0.4 is 10.6 Å². The monoisotopic (exact) mass is 454 g/mol. The Morgan fingerprint density at radius 1 is 0.636 bits per heavy atom. The molecule has 0 N–H and O–H groups in total. The Bertz CT molecular complexity index is 1140. The summed E-state index contributed by atoms with van der Waals surface area (Å²) in [6.45, 7) is 0. The number of methoxy groups -OCH3 is 1. The summed E-state index contributed by atoms with van der Waals surface area (Å²) < 4.78 is 21.0. The lowest BCUT2D eigenvalue weighted by Gasteiger charge is -2.39. The maximum Gasteiger partial charge on any atom is 0.320 e. The van der Waals surface area contributed by atoms with Crippen molar-refractivity contribution < 1.29 is 14.1 Å². The Morgan fingerprint density at radius 3 is 1.30 bits per heavy atom. The molecule has 0 radical (unpaired) electrons. The van der Waals surface area contributed by atoms with E-state index in [1.54, 1.807) is 0 Å². The van der Waals surface area contributed by atoms with E-state index in [2.05, 4.69) is 0 Å². The fourth-order valence-corrected chi connectivity index (χ4v) is 8.16. The van der Waals surface area contributed by atoms with Gasteiger partial charge in [0.05, 0.1) is 7.11 Å². The summed E-state index contributed by atoms with van der Waals surface area (Å²) in [6.07, 6.45) is 0.576. The molecule has 0 aliphatic rings. The van der Waals surface area contributed by atoms with Gasteiger partial charge in [0.25, 0.3) is 0 Å². The zero-order chi connectivity index (χ0) is 23.2. The first kappa shape index (κ1) is 22.8. The van der Waals surface area contributed by atoms with Crippen LogP contribution in [0.25, 0.3) is 0 Å². The zero-order valence-corrected chi connectivity index (χ0v) is 19.5. The highest BCUT2D eigenvalue weighted by atomic mass is 31.2. The molecule has 0 fully saturated rings. The van der Waals surface area contributed by atoms with Gasteiger partial charge in [0.2, 0.25) is 0 Å². The van der Waals surface area contributed by atoms with Crippen molar-refractivity contribution in [2.24, 2.45) is 0 Å². The highest BCUT2D eigenvalue weighted by molar-refractivity contribution is 7.80. The second-order valence-corrected chi connectivity index (χ2v) is 11.2. The minimum Gasteiger partial charge on any atom is -0.468 e. The van der Waals surface area contributed by atoms with Crippen LogP contribution in [0.3, 0.4) is 0 Å². The Labute approximate surface area is 195 Å². The van der Waals surface area contributed by atoms with Gasteiger partial charge in [0.15, 0.2) is 7.14 Å². The van der Waals surface area contributed by atoms with Gasteiger partial charge in [-0.3, -0.25) is 4.79 Å². The van der Waals surface area contributed by atoms with Gasteiger partial charge < -0.3 is 9.30 Å². The lowest BCUT2D eigenvalue weighted by atomic mass is 9.91. The number of esters is 1. The molecule has 0 aromatic heterocycles. The Kier molecular flexibility index (Phi) is 6.91. The second-order valence-electron chi connectivity index (χ2n) is 8.13. The molecule has 4 rings (SSSR count). The van der Waals surface area contributed by atoms with Crippen LogP contribution >= 0.6 is 7.14 Å². The molecule has 0 saturated heterocycles. The third kappa shape index (κ3) is 4.42. The van der Waals surface area contributed by atoms with Crippen molar-refractivity contribution in [2.75, 3.05) is 7.11 Å². The topological polar surface area (TPSA) is 43.4 Å². The molecule has 0 bridgehead atoms. The molecule has 0 spiro atoms. The summed E-state index contributed by atoms with van der Waals surface area (Å²) in [7, 11) is -2.16. The summed E-state index contributed by atoms with van der Waals surface area (Å²) in [4.78, 5) is 13.8. The molecule has 0 unspecified atom stereocenters. The van der Waals surface area contributed by atoms with Crippen molar-refractivity contribution in [3.05, 3.63) is 132 Å². The molecule has 0 atom stereocenters. The van der Waals surface area contributed by atoms with Gasteiger partial charge in [-0.05, 0) is 24.0 Å². The first-order valence-electron chi connectivity index (χ1n) is 11.0. The van der Waals surface area contributed by atoms with E-state index < -0.39 is 18.3 Å². The van der Waals surface area contributed by atoms with Gasteiger partial charge in [0, 0.05) is 10.6 Å². The highest BCUT2D eigenvalue weighted by Crippen LogP contribution is 2.59. The number of rotatable bonds is 8. The molecular weight excluding hydrogens is 427 g/mol. The van der Waals surface area contributed by atoms with Gasteiger partial charge in [-0.25, -0.2) is 0 Å². The van der Waals surface area contributed by atoms with Crippen LogP contribution in [0, 0.1) is 0 Å². The van der Waals surface area contributed by atoms with Crippen LogP contribution in [0.15, 0.2) is 121 Å². The molecule has 0 aliphatic carbocycles. The van der Waals surface area contributed by atoms with Crippen LogP contribution in [0.4, 0.5) is 0 Å². The molecule has 4 aromatic carbocycles. The van der Waals surface area contributed by atoms with E-state index in [1.807, 2.05) is 121 Å². The quantitative estimate of drug-likeness (QED) is 0.265. The predicted octanol–water partition coefficient (Wildman–Crippen LogP) is 5.40. The zero-order valence-electron chi connectivity index (χ0n) is 18.6.